The molecule has 2 atom stereocenters. The highest BCUT2D eigenvalue weighted by Crippen LogP contribution is 2.10. The number of nitrogens with zero attached hydrogens (tertiary/aromatic N) is 3. The van der Waals surface area contributed by atoms with Gasteiger partial charge in [0.2, 0.25) is 5.91 Å². The largest absolute Gasteiger partial charge is 0.320 e. The van der Waals surface area contributed by atoms with Crippen LogP contribution < -0.4 is 11.1 Å². The average Bonchev–Trinajstić information content (AvgIpc) is 2.93. The first kappa shape index (κ1) is 15.2. The summed E-state index contributed by atoms with van der Waals surface area (Å²) < 4.78 is 1.76. The second kappa shape index (κ2) is 6.99. The van der Waals surface area contributed by atoms with Crippen molar-refractivity contribution in [3.05, 3.63) is 42.4 Å². The number of hydrogen-bond acceptors (Lipinski definition) is 4. The number of nitrogens with one attached hydrogen (secondary N) is 1. The Morgan fingerprint density at radius 1 is 1.38 bits per heavy atom. The van der Waals surface area contributed by atoms with Gasteiger partial charge >= 0.3 is 0 Å². The van der Waals surface area contributed by atoms with Crippen molar-refractivity contribution in [3.8, 4) is 0 Å². The SMILES string of the molecule is CCC(C)C(N)C(=O)Nc1ccn(Cc2ccncc2)n1. The topological polar surface area (TPSA) is 85.8 Å². The van der Waals surface area contributed by atoms with E-state index in [9.17, 15) is 4.79 Å². The van der Waals surface area contributed by atoms with Gasteiger partial charge in [-0.25, -0.2) is 0 Å². The highest BCUT2D eigenvalue weighted by atomic mass is 16.2. The van der Waals surface area contributed by atoms with Gasteiger partial charge in [0, 0.05) is 24.7 Å². The second-order valence-electron chi connectivity index (χ2n) is 5.15. The molecule has 0 fully saturated rings. The molecule has 3 N–H and O–H groups in total. The van der Waals surface area contributed by atoms with Crippen molar-refractivity contribution < 1.29 is 4.79 Å². The molecule has 2 aromatic rings. The van der Waals surface area contributed by atoms with Gasteiger partial charge in [-0.15, -0.1) is 0 Å². The molecule has 21 heavy (non-hydrogen) atoms. The highest BCUT2D eigenvalue weighted by Gasteiger charge is 2.19. The fourth-order valence-electron chi connectivity index (χ4n) is 1.91. The van der Waals surface area contributed by atoms with E-state index in [0.717, 1.165) is 12.0 Å². The minimum absolute atomic E-state index is 0.143. The van der Waals surface area contributed by atoms with Gasteiger partial charge in [0.15, 0.2) is 5.82 Å². The summed E-state index contributed by atoms with van der Waals surface area (Å²) in [5, 5.41) is 7.08. The molecule has 0 aliphatic carbocycles. The molecule has 0 bridgehead atoms. The Balaban J connectivity index is 1.96. The van der Waals surface area contributed by atoms with E-state index in [1.54, 1.807) is 23.1 Å². The maximum absolute atomic E-state index is 12.0. The van der Waals surface area contributed by atoms with Crippen molar-refractivity contribution >= 4 is 11.7 Å². The number of anilines is 1. The van der Waals surface area contributed by atoms with Crippen LogP contribution in [0.4, 0.5) is 5.82 Å². The predicted molar refractivity (Wildman–Crippen MR) is 81.6 cm³/mol. The maximum Gasteiger partial charge on any atom is 0.242 e. The molecule has 0 radical (unpaired) electrons. The normalized spacial score (nSPS) is 13.7. The van der Waals surface area contributed by atoms with Crippen LogP contribution in [0, 0.1) is 5.92 Å². The molecule has 1 amide bonds. The fourth-order valence-corrected chi connectivity index (χ4v) is 1.91. The van der Waals surface area contributed by atoms with E-state index in [-0.39, 0.29) is 11.8 Å². The Morgan fingerprint density at radius 2 is 2.10 bits per heavy atom. The van der Waals surface area contributed by atoms with Gasteiger partial charge in [-0.05, 0) is 23.6 Å². The first-order valence-electron chi connectivity index (χ1n) is 7.09. The van der Waals surface area contributed by atoms with Crippen molar-refractivity contribution in [2.24, 2.45) is 11.7 Å². The lowest BCUT2D eigenvalue weighted by Crippen LogP contribution is -2.40. The first-order valence-corrected chi connectivity index (χ1v) is 7.09. The van der Waals surface area contributed by atoms with Gasteiger partial charge in [-0.2, -0.15) is 5.10 Å². The van der Waals surface area contributed by atoms with Crippen molar-refractivity contribution in [1.82, 2.24) is 14.8 Å². The number of amides is 1. The molecule has 0 aromatic carbocycles. The molecule has 6 nitrogen and oxygen atoms in total. The summed E-state index contributed by atoms with van der Waals surface area (Å²) in [7, 11) is 0. The third-order valence-electron chi connectivity index (χ3n) is 3.55. The maximum atomic E-state index is 12.0. The van der Waals surface area contributed by atoms with Crippen LogP contribution in [0.25, 0.3) is 0 Å². The van der Waals surface area contributed by atoms with Crippen LogP contribution in [0.1, 0.15) is 25.8 Å². The van der Waals surface area contributed by atoms with E-state index in [4.69, 9.17) is 5.73 Å². The Bertz CT molecular complexity index is 581. The molecule has 2 heterocycles. The number of pyridine rings is 1. The summed E-state index contributed by atoms with van der Waals surface area (Å²) in [5.74, 6) is 0.468. The van der Waals surface area contributed by atoms with Crippen LogP contribution >= 0.6 is 0 Å². The van der Waals surface area contributed by atoms with Gasteiger partial charge in [0.1, 0.15) is 0 Å². The lowest BCUT2D eigenvalue weighted by Gasteiger charge is -2.16. The van der Waals surface area contributed by atoms with Crippen molar-refractivity contribution in [2.45, 2.75) is 32.9 Å². The summed E-state index contributed by atoms with van der Waals surface area (Å²) >= 11 is 0. The highest BCUT2D eigenvalue weighted by molar-refractivity contribution is 5.94. The molecule has 0 aliphatic rings. The molecule has 0 saturated carbocycles. The van der Waals surface area contributed by atoms with E-state index in [0.29, 0.717) is 12.4 Å². The number of rotatable bonds is 6. The Labute approximate surface area is 124 Å². The number of hydrogen-bond donors (Lipinski definition) is 2. The van der Waals surface area contributed by atoms with Crippen LogP contribution in [0.3, 0.4) is 0 Å². The van der Waals surface area contributed by atoms with Crippen LogP contribution in [-0.4, -0.2) is 26.7 Å². The van der Waals surface area contributed by atoms with Gasteiger partial charge in [-0.1, -0.05) is 20.3 Å². The van der Waals surface area contributed by atoms with E-state index < -0.39 is 6.04 Å². The van der Waals surface area contributed by atoms with Crippen molar-refractivity contribution in [2.75, 3.05) is 5.32 Å². The third kappa shape index (κ3) is 4.13. The van der Waals surface area contributed by atoms with E-state index >= 15 is 0 Å². The van der Waals surface area contributed by atoms with E-state index in [2.05, 4.69) is 15.4 Å². The summed E-state index contributed by atoms with van der Waals surface area (Å²) in [6.07, 6.45) is 6.18. The monoisotopic (exact) mass is 287 g/mol. The first-order chi connectivity index (χ1) is 10.1. The van der Waals surface area contributed by atoms with Crippen molar-refractivity contribution in [1.29, 1.82) is 0 Å². The number of carbonyl (C=O) groups is 1. The van der Waals surface area contributed by atoms with Crippen molar-refractivity contribution in [3.63, 3.8) is 0 Å². The minimum atomic E-state index is -0.514. The predicted octanol–water partition coefficient (Wildman–Crippen LogP) is 1.64. The Morgan fingerprint density at radius 3 is 2.76 bits per heavy atom. The van der Waals surface area contributed by atoms with E-state index in [1.807, 2.05) is 32.2 Å². The Hall–Kier alpha value is -2.21. The lowest BCUT2D eigenvalue weighted by molar-refractivity contribution is -0.118. The molecule has 6 heteroatoms. The summed E-state index contributed by atoms with van der Waals surface area (Å²) in [5.41, 5.74) is 7.00. The van der Waals surface area contributed by atoms with Gasteiger partial charge < -0.3 is 11.1 Å². The van der Waals surface area contributed by atoms with Gasteiger partial charge in [0.25, 0.3) is 0 Å². The van der Waals surface area contributed by atoms with Crippen LogP contribution in [0.5, 0.6) is 0 Å². The van der Waals surface area contributed by atoms with Gasteiger partial charge in [-0.3, -0.25) is 14.5 Å². The number of nitrogens with two attached hydrogens (primary N) is 1. The standard InChI is InChI=1S/C15H21N5O/c1-3-11(2)14(16)15(21)18-13-6-9-20(19-13)10-12-4-7-17-8-5-12/h4-9,11,14H,3,10,16H2,1-2H3,(H,18,19,21). The number of carbonyl (C=O) groups excluding carboxylic acids is 1. The molecule has 0 spiro atoms. The number of aromatic nitrogens is 3. The molecular formula is C15H21N5O. The zero-order chi connectivity index (χ0) is 15.2. The molecule has 112 valence electrons. The summed E-state index contributed by atoms with van der Waals surface area (Å²) in [4.78, 5) is 16.0. The molecule has 2 rings (SSSR count). The van der Waals surface area contributed by atoms with Crippen LogP contribution in [0.15, 0.2) is 36.8 Å². The lowest BCUT2D eigenvalue weighted by atomic mass is 9.99. The molecule has 2 unspecified atom stereocenters. The van der Waals surface area contributed by atoms with Crippen LogP contribution in [0.2, 0.25) is 0 Å². The molecular weight excluding hydrogens is 266 g/mol. The Kier molecular flexibility index (Phi) is 5.05. The molecule has 0 aliphatic heterocycles. The van der Waals surface area contributed by atoms with Gasteiger partial charge in [0.05, 0.1) is 12.6 Å². The van der Waals surface area contributed by atoms with Crippen LogP contribution in [-0.2, 0) is 11.3 Å². The third-order valence-corrected chi connectivity index (χ3v) is 3.55. The average molecular weight is 287 g/mol. The zero-order valence-corrected chi connectivity index (χ0v) is 12.4. The quantitative estimate of drug-likeness (QED) is 0.845. The molecule has 0 saturated heterocycles. The zero-order valence-electron chi connectivity index (χ0n) is 12.4. The second-order valence-corrected chi connectivity index (χ2v) is 5.15. The van der Waals surface area contributed by atoms with E-state index in [1.165, 1.54) is 0 Å². The summed E-state index contributed by atoms with van der Waals surface area (Å²) in [6.45, 7) is 4.61. The smallest absolute Gasteiger partial charge is 0.242 e. The summed E-state index contributed by atoms with van der Waals surface area (Å²) in [6, 6.07) is 5.11. The molecule has 2 aromatic heterocycles. The fraction of sp³-hybridized carbons (Fsp3) is 0.400. The minimum Gasteiger partial charge on any atom is -0.320 e.